The summed E-state index contributed by atoms with van der Waals surface area (Å²) in [5.74, 6) is 2.61. The molecule has 0 saturated carbocycles. The van der Waals surface area contributed by atoms with Gasteiger partial charge < -0.3 is 4.90 Å². The Morgan fingerprint density at radius 3 is 2.41 bits per heavy atom. The van der Waals surface area contributed by atoms with Gasteiger partial charge in [-0.1, -0.05) is 0 Å². The van der Waals surface area contributed by atoms with Gasteiger partial charge in [0.05, 0.1) is 0 Å². The number of rotatable bonds is 2. The van der Waals surface area contributed by atoms with Gasteiger partial charge in [0.15, 0.2) is 0 Å². The maximum atomic E-state index is 12.7. The minimum atomic E-state index is -4.42. The van der Waals surface area contributed by atoms with Gasteiger partial charge in [-0.05, 0) is 30.4 Å². The summed E-state index contributed by atoms with van der Waals surface area (Å²) in [6.45, 7) is 3.11. The first-order chi connectivity index (χ1) is 10.5. The van der Waals surface area contributed by atoms with Crippen LogP contribution in [0.2, 0.25) is 0 Å². The standard InChI is InChI=1S/C14H19F3N4S/c15-14(16,17)12-1-4-18-13(19-12)21-7-5-20(6-8-21)11-2-9-22-10-3-11/h1,4,11H,2-3,5-10H2. The number of aromatic nitrogens is 2. The molecular formula is C14H19F3N4S. The largest absolute Gasteiger partial charge is 0.433 e. The molecule has 0 aliphatic carbocycles. The van der Waals surface area contributed by atoms with Crippen molar-refractivity contribution in [3.63, 3.8) is 0 Å². The van der Waals surface area contributed by atoms with Gasteiger partial charge in [-0.2, -0.15) is 24.9 Å². The fourth-order valence-corrected chi connectivity index (χ4v) is 4.08. The predicted octanol–water partition coefficient (Wildman–Crippen LogP) is 2.51. The van der Waals surface area contributed by atoms with E-state index in [0.29, 0.717) is 19.1 Å². The van der Waals surface area contributed by atoms with Crippen LogP contribution in [0.1, 0.15) is 18.5 Å². The second-order valence-corrected chi connectivity index (χ2v) is 6.83. The molecule has 0 bridgehead atoms. The van der Waals surface area contributed by atoms with Crippen molar-refractivity contribution < 1.29 is 13.2 Å². The zero-order valence-electron chi connectivity index (χ0n) is 12.2. The average Bonchev–Trinajstić information content (AvgIpc) is 2.55. The van der Waals surface area contributed by atoms with Crippen molar-refractivity contribution in [3.8, 4) is 0 Å². The Kier molecular flexibility index (Phi) is 4.77. The molecule has 2 aliphatic rings. The third kappa shape index (κ3) is 3.65. The third-order valence-electron chi connectivity index (χ3n) is 4.24. The molecular weight excluding hydrogens is 313 g/mol. The van der Waals surface area contributed by atoms with Crippen molar-refractivity contribution in [1.82, 2.24) is 14.9 Å². The second-order valence-electron chi connectivity index (χ2n) is 5.61. The van der Waals surface area contributed by atoms with E-state index >= 15 is 0 Å². The Morgan fingerprint density at radius 1 is 1.09 bits per heavy atom. The summed E-state index contributed by atoms with van der Waals surface area (Å²) in [6, 6.07) is 1.55. The first-order valence-electron chi connectivity index (χ1n) is 7.51. The molecule has 0 N–H and O–H groups in total. The number of anilines is 1. The smallest absolute Gasteiger partial charge is 0.338 e. The van der Waals surface area contributed by atoms with Crippen LogP contribution < -0.4 is 4.90 Å². The first kappa shape index (κ1) is 15.9. The monoisotopic (exact) mass is 332 g/mol. The van der Waals surface area contributed by atoms with E-state index in [1.54, 1.807) is 0 Å². The van der Waals surface area contributed by atoms with Gasteiger partial charge in [-0.15, -0.1) is 0 Å². The Hall–Kier alpha value is -1.02. The minimum absolute atomic E-state index is 0.189. The maximum absolute atomic E-state index is 12.7. The Balaban J connectivity index is 1.61. The highest BCUT2D eigenvalue weighted by Gasteiger charge is 2.34. The molecule has 122 valence electrons. The van der Waals surface area contributed by atoms with Crippen molar-refractivity contribution >= 4 is 17.7 Å². The molecule has 0 unspecified atom stereocenters. The molecule has 0 aromatic carbocycles. The topological polar surface area (TPSA) is 32.3 Å². The molecule has 22 heavy (non-hydrogen) atoms. The Morgan fingerprint density at radius 2 is 1.77 bits per heavy atom. The van der Waals surface area contributed by atoms with Crippen LogP contribution in [-0.4, -0.2) is 58.6 Å². The molecule has 0 atom stereocenters. The summed E-state index contributed by atoms with van der Waals surface area (Å²) in [4.78, 5) is 12.0. The van der Waals surface area contributed by atoms with Crippen LogP contribution in [0.4, 0.5) is 19.1 Å². The van der Waals surface area contributed by atoms with E-state index in [4.69, 9.17) is 0 Å². The number of nitrogens with zero attached hydrogens (tertiary/aromatic N) is 4. The van der Waals surface area contributed by atoms with E-state index in [-0.39, 0.29) is 5.95 Å². The highest BCUT2D eigenvalue weighted by molar-refractivity contribution is 7.99. The lowest BCUT2D eigenvalue weighted by Gasteiger charge is -2.40. The van der Waals surface area contributed by atoms with Crippen molar-refractivity contribution in [2.24, 2.45) is 0 Å². The minimum Gasteiger partial charge on any atom is -0.338 e. The van der Waals surface area contributed by atoms with Crippen LogP contribution in [0.5, 0.6) is 0 Å². The summed E-state index contributed by atoms with van der Waals surface area (Å²) >= 11 is 2.00. The molecule has 2 aliphatic heterocycles. The van der Waals surface area contributed by atoms with Crippen molar-refractivity contribution in [2.75, 3.05) is 42.6 Å². The lowest BCUT2D eigenvalue weighted by Crippen LogP contribution is -2.51. The average molecular weight is 332 g/mol. The van der Waals surface area contributed by atoms with Gasteiger partial charge in [0.25, 0.3) is 0 Å². The van der Waals surface area contributed by atoms with Crippen LogP contribution in [-0.2, 0) is 6.18 Å². The van der Waals surface area contributed by atoms with Gasteiger partial charge in [0.2, 0.25) is 5.95 Å². The first-order valence-corrected chi connectivity index (χ1v) is 8.66. The van der Waals surface area contributed by atoms with Crippen LogP contribution in [0, 0.1) is 0 Å². The predicted molar refractivity (Wildman–Crippen MR) is 81.2 cm³/mol. The zero-order valence-corrected chi connectivity index (χ0v) is 13.0. The fourth-order valence-electron chi connectivity index (χ4n) is 3.00. The van der Waals surface area contributed by atoms with Crippen molar-refractivity contribution in [3.05, 3.63) is 18.0 Å². The van der Waals surface area contributed by atoms with Crippen molar-refractivity contribution in [2.45, 2.75) is 25.1 Å². The number of halogens is 3. The van der Waals surface area contributed by atoms with Crippen LogP contribution in [0.3, 0.4) is 0 Å². The molecule has 8 heteroatoms. The van der Waals surface area contributed by atoms with E-state index in [9.17, 15) is 13.2 Å². The number of thioether (sulfide) groups is 1. The van der Waals surface area contributed by atoms with Crippen LogP contribution in [0.15, 0.2) is 12.3 Å². The molecule has 2 saturated heterocycles. The van der Waals surface area contributed by atoms with E-state index in [2.05, 4.69) is 14.9 Å². The molecule has 1 aromatic rings. The van der Waals surface area contributed by atoms with Gasteiger partial charge in [-0.3, -0.25) is 4.90 Å². The summed E-state index contributed by atoms with van der Waals surface area (Å²) in [6.07, 6.45) is -0.801. The lowest BCUT2D eigenvalue weighted by atomic mass is 10.1. The molecule has 2 fully saturated rings. The quantitative estimate of drug-likeness (QED) is 0.831. The van der Waals surface area contributed by atoms with Gasteiger partial charge in [0.1, 0.15) is 5.69 Å². The van der Waals surface area contributed by atoms with Gasteiger partial charge in [-0.25, -0.2) is 9.97 Å². The van der Waals surface area contributed by atoms with E-state index in [1.165, 1.54) is 30.5 Å². The summed E-state index contributed by atoms with van der Waals surface area (Å²) in [5, 5.41) is 0. The van der Waals surface area contributed by atoms with Gasteiger partial charge in [0, 0.05) is 38.4 Å². The van der Waals surface area contributed by atoms with E-state index in [1.807, 2.05) is 16.7 Å². The second kappa shape index (κ2) is 6.62. The Bertz CT molecular complexity index is 497. The number of hydrogen-bond donors (Lipinski definition) is 0. The molecule has 3 heterocycles. The summed E-state index contributed by atoms with van der Waals surface area (Å²) < 4.78 is 38.2. The molecule has 0 spiro atoms. The summed E-state index contributed by atoms with van der Waals surface area (Å²) in [5.41, 5.74) is -0.871. The van der Waals surface area contributed by atoms with Gasteiger partial charge >= 0.3 is 6.18 Å². The lowest BCUT2D eigenvalue weighted by molar-refractivity contribution is -0.141. The van der Waals surface area contributed by atoms with Crippen molar-refractivity contribution in [1.29, 1.82) is 0 Å². The third-order valence-corrected chi connectivity index (χ3v) is 5.29. The van der Waals surface area contributed by atoms with Crippen LogP contribution >= 0.6 is 11.8 Å². The highest BCUT2D eigenvalue weighted by Crippen LogP contribution is 2.28. The number of hydrogen-bond acceptors (Lipinski definition) is 5. The highest BCUT2D eigenvalue weighted by atomic mass is 32.2. The number of piperazine rings is 1. The SMILES string of the molecule is FC(F)(F)c1ccnc(N2CCN(C3CCSCC3)CC2)n1. The Labute approximate surface area is 132 Å². The molecule has 1 aromatic heterocycles. The molecule has 4 nitrogen and oxygen atoms in total. The summed E-state index contributed by atoms with van der Waals surface area (Å²) in [7, 11) is 0. The zero-order chi connectivity index (χ0) is 15.6. The molecule has 3 rings (SSSR count). The molecule has 0 radical (unpaired) electrons. The van der Waals surface area contributed by atoms with Crippen LogP contribution in [0.25, 0.3) is 0 Å². The maximum Gasteiger partial charge on any atom is 0.433 e. The fraction of sp³-hybridized carbons (Fsp3) is 0.714. The molecule has 0 amide bonds. The van der Waals surface area contributed by atoms with E-state index in [0.717, 1.165) is 19.2 Å². The number of alkyl halides is 3. The normalized spacial score (nSPS) is 22.0. The van der Waals surface area contributed by atoms with E-state index < -0.39 is 11.9 Å².